The highest BCUT2D eigenvalue weighted by Crippen LogP contribution is 2.23. The number of carbonyl (C=O) groups is 1. The Morgan fingerprint density at radius 3 is 2.70 bits per heavy atom. The molecule has 1 atom stereocenters. The average molecular weight is 286 g/mol. The zero-order valence-corrected chi connectivity index (χ0v) is 12.7. The first kappa shape index (κ1) is 14.6. The summed E-state index contributed by atoms with van der Waals surface area (Å²) in [7, 11) is 0. The molecule has 2 rings (SSSR count). The molecule has 0 saturated heterocycles. The molecule has 4 heteroatoms. The summed E-state index contributed by atoms with van der Waals surface area (Å²) < 4.78 is 0. The number of benzene rings is 1. The van der Waals surface area contributed by atoms with Gasteiger partial charge in [-0.3, -0.25) is 4.79 Å². The van der Waals surface area contributed by atoms with Crippen molar-refractivity contribution in [2.24, 2.45) is 0 Å². The smallest absolute Gasteiger partial charge is 0.237 e. The molecule has 0 fully saturated rings. The zero-order chi connectivity index (χ0) is 14.5. The maximum Gasteiger partial charge on any atom is 0.237 e. The van der Waals surface area contributed by atoms with Gasteiger partial charge in [-0.1, -0.05) is 35.5 Å². The predicted octanol–water partition coefficient (Wildman–Crippen LogP) is 3.82. The van der Waals surface area contributed by atoms with Crippen molar-refractivity contribution in [3.63, 3.8) is 0 Å². The lowest BCUT2D eigenvalue weighted by Gasteiger charge is -2.13. The first-order chi connectivity index (χ1) is 9.56. The largest absolute Gasteiger partial charge is 0.325 e. The van der Waals surface area contributed by atoms with E-state index in [9.17, 15) is 4.79 Å². The number of hydrogen-bond acceptors (Lipinski definition) is 3. The van der Waals surface area contributed by atoms with E-state index in [-0.39, 0.29) is 11.2 Å². The predicted molar refractivity (Wildman–Crippen MR) is 84.1 cm³/mol. The fourth-order valence-corrected chi connectivity index (χ4v) is 2.65. The third kappa shape index (κ3) is 3.84. The molecule has 104 valence electrons. The molecule has 0 aliphatic heterocycles. The molecule has 0 aliphatic carbocycles. The van der Waals surface area contributed by atoms with Gasteiger partial charge >= 0.3 is 0 Å². The Bertz CT molecular complexity index is 599. The zero-order valence-electron chi connectivity index (χ0n) is 11.9. The third-order valence-corrected chi connectivity index (χ3v) is 3.99. The Morgan fingerprint density at radius 2 is 2.05 bits per heavy atom. The van der Waals surface area contributed by atoms with Crippen LogP contribution in [0.1, 0.15) is 18.1 Å². The number of carbonyl (C=O) groups excluding carboxylic acids is 1. The highest BCUT2D eigenvalue weighted by atomic mass is 32.2. The number of anilines is 1. The SMILES string of the molecule is Cc1ccc(NC(=O)C(C)Sc2ccccn2)c(C)c1. The summed E-state index contributed by atoms with van der Waals surface area (Å²) in [6.45, 7) is 5.93. The average Bonchev–Trinajstić information content (AvgIpc) is 2.43. The molecule has 0 radical (unpaired) electrons. The van der Waals surface area contributed by atoms with Crippen LogP contribution in [-0.4, -0.2) is 16.1 Å². The molecule has 0 bridgehead atoms. The van der Waals surface area contributed by atoms with Crippen LogP contribution < -0.4 is 5.32 Å². The molecule has 1 unspecified atom stereocenters. The van der Waals surface area contributed by atoms with E-state index >= 15 is 0 Å². The Morgan fingerprint density at radius 1 is 1.25 bits per heavy atom. The van der Waals surface area contributed by atoms with E-state index in [1.807, 2.05) is 51.1 Å². The second-order valence-corrected chi connectivity index (χ2v) is 6.10. The van der Waals surface area contributed by atoms with Gasteiger partial charge in [0, 0.05) is 11.9 Å². The topological polar surface area (TPSA) is 42.0 Å². The van der Waals surface area contributed by atoms with Crippen LogP contribution in [0.3, 0.4) is 0 Å². The highest BCUT2D eigenvalue weighted by Gasteiger charge is 2.15. The second-order valence-electron chi connectivity index (χ2n) is 4.74. The van der Waals surface area contributed by atoms with Crippen molar-refractivity contribution < 1.29 is 4.79 Å². The number of hydrogen-bond donors (Lipinski definition) is 1. The standard InChI is InChI=1S/C16H18N2OS/c1-11-7-8-14(12(2)10-11)18-16(19)13(3)20-15-6-4-5-9-17-15/h4-10,13H,1-3H3,(H,18,19). The minimum Gasteiger partial charge on any atom is -0.325 e. The molecule has 0 spiro atoms. The van der Waals surface area contributed by atoms with E-state index in [1.54, 1.807) is 6.20 Å². The lowest BCUT2D eigenvalue weighted by molar-refractivity contribution is -0.115. The lowest BCUT2D eigenvalue weighted by atomic mass is 10.1. The van der Waals surface area contributed by atoms with Gasteiger partial charge in [0.2, 0.25) is 5.91 Å². The minimum absolute atomic E-state index is 0.00685. The number of aromatic nitrogens is 1. The number of nitrogens with one attached hydrogen (secondary N) is 1. The van der Waals surface area contributed by atoms with Crippen LogP contribution in [0.4, 0.5) is 5.69 Å². The molecule has 2 aromatic rings. The maximum absolute atomic E-state index is 12.2. The number of aryl methyl sites for hydroxylation is 2. The highest BCUT2D eigenvalue weighted by molar-refractivity contribution is 8.00. The van der Waals surface area contributed by atoms with E-state index in [0.717, 1.165) is 16.3 Å². The van der Waals surface area contributed by atoms with Gasteiger partial charge < -0.3 is 5.32 Å². The first-order valence-corrected chi connectivity index (χ1v) is 7.40. The normalized spacial score (nSPS) is 11.9. The maximum atomic E-state index is 12.2. The first-order valence-electron chi connectivity index (χ1n) is 6.52. The Balaban J connectivity index is 2.01. The van der Waals surface area contributed by atoms with Crippen LogP contribution >= 0.6 is 11.8 Å². The van der Waals surface area contributed by atoms with Crippen molar-refractivity contribution in [1.82, 2.24) is 4.98 Å². The van der Waals surface area contributed by atoms with Gasteiger partial charge in [-0.25, -0.2) is 4.98 Å². The molecule has 1 amide bonds. The van der Waals surface area contributed by atoms with Crippen LogP contribution in [0, 0.1) is 13.8 Å². The van der Waals surface area contributed by atoms with Crippen molar-refractivity contribution in [3.05, 3.63) is 53.7 Å². The van der Waals surface area contributed by atoms with Crippen molar-refractivity contribution in [1.29, 1.82) is 0 Å². The van der Waals surface area contributed by atoms with Crippen molar-refractivity contribution in [2.45, 2.75) is 31.0 Å². The minimum atomic E-state index is -0.189. The van der Waals surface area contributed by atoms with Crippen molar-refractivity contribution in [3.8, 4) is 0 Å². The van der Waals surface area contributed by atoms with Crippen molar-refractivity contribution in [2.75, 3.05) is 5.32 Å². The number of nitrogens with zero attached hydrogens (tertiary/aromatic N) is 1. The third-order valence-electron chi connectivity index (χ3n) is 2.94. The van der Waals surface area contributed by atoms with Crippen molar-refractivity contribution >= 4 is 23.4 Å². The number of amides is 1. The van der Waals surface area contributed by atoms with Crippen LogP contribution in [-0.2, 0) is 4.79 Å². The molecular weight excluding hydrogens is 268 g/mol. The molecule has 0 saturated carbocycles. The molecule has 1 aromatic heterocycles. The van der Waals surface area contributed by atoms with Gasteiger partial charge in [0.05, 0.1) is 10.3 Å². The lowest BCUT2D eigenvalue weighted by Crippen LogP contribution is -2.22. The van der Waals surface area contributed by atoms with Gasteiger partial charge in [-0.05, 0) is 44.5 Å². The van der Waals surface area contributed by atoms with Crippen LogP contribution in [0.15, 0.2) is 47.6 Å². The summed E-state index contributed by atoms with van der Waals surface area (Å²) in [6, 6.07) is 11.7. The summed E-state index contributed by atoms with van der Waals surface area (Å²) in [6.07, 6.45) is 1.73. The van der Waals surface area contributed by atoms with Gasteiger partial charge in [0.1, 0.15) is 0 Å². The molecule has 1 aromatic carbocycles. The molecule has 3 nitrogen and oxygen atoms in total. The van der Waals surface area contributed by atoms with Gasteiger partial charge in [-0.15, -0.1) is 0 Å². The number of thioether (sulfide) groups is 1. The molecule has 1 N–H and O–H groups in total. The van der Waals surface area contributed by atoms with Gasteiger partial charge in [0.15, 0.2) is 0 Å². The van der Waals surface area contributed by atoms with Crippen LogP contribution in [0.2, 0.25) is 0 Å². The van der Waals surface area contributed by atoms with Crippen LogP contribution in [0.25, 0.3) is 0 Å². The Hall–Kier alpha value is -1.81. The fraction of sp³-hybridized carbons (Fsp3) is 0.250. The van der Waals surface area contributed by atoms with E-state index in [1.165, 1.54) is 17.3 Å². The van der Waals surface area contributed by atoms with Gasteiger partial charge in [0.25, 0.3) is 0 Å². The fourth-order valence-electron chi connectivity index (χ4n) is 1.84. The number of rotatable bonds is 4. The van der Waals surface area contributed by atoms with E-state index in [0.29, 0.717) is 0 Å². The Kier molecular flexibility index (Phi) is 4.79. The second kappa shape index (κ2) is 6.57. The van der Waals surface area contributed by atoms with E-state index < -0.39 is 0 Å². The quantitative estimate of drug-likeness (QED) is 0.869. The molecule has 0 aliphatic rings. The van der Waals surface area contributed by atoms with Gasteiger partial charge in [-0.2, -0.15) is 0 Å². The summed E-state index contributed by atoms with van der Waals surface area (Å²) in [4.78, 5) is 16.4. The van der Waals surface area contributed by atoms with E-state index in [2.05, 4.69) is 16.4 Å². The molecular formula is C16H18N2OS. The summed E-state index contributed by atoms with van der Waals surface area (Å²) in [5, 5.41) is 3.64. The molecule has 20 heavy (non-hydrogen) atoms. The Labute approximate surface area is 123 Å². The molecule has 1 heterocycles. The summed E-state index contributed by atoms with van der Waals surface area (Å²) in [5.41, 5.74) is 3.14. The summed E-state index contributed by atoms with van der Waals surface area (Å²) >= 11 is 1.46. The monoisotopic (exact) mass is 286 g/mol. The van der Waals surface area contributed by atoms with E-state index in [4.69, 9.17) is 0 Å². The van der Waals surface area contributed by atoms with Crippen LogP contribution in [0.5, 0.6) is 0 Å². The summed E-state index contributed by atoms with van der Waals surface area (Å²) in [5.74, 6) is -0.00685. The number of pyridine rings is 1.